The Labute approximate surface area is 153 Å². The van der Waals surface area contributed by atoms with Crippen molar-refractivity contribution in [3.8, 4) is 16.9 Å². The van der Waals surface area contributed by atoms with Gasteiger partial charge in [-0.2, -0.15) is 0 Å². The number of ether oxygens (including phenoxy) is 1. The van der Waals surface area contributed by atoms with Gasteiger partial charge in [-0.15, -0.1) is 0 Å². The van der Waals surface area contributed by atoms with Crippen LogP contribution in [0.2, 0.25) is 5.02 Å². The highest BCUT2D eigenvalue weighted by atomic mass is 35.5. The molecule has 1 aliphatic heterocycles. The van der Waals surface area contributed by atoms with E-state index in [1.807, 2.05) is 24.3 Å². The lowest BCUT2D eigenvalue weighted by Gasteiger charge is -2.28. The summed E-state index contributed by atoms with van der Waals surface area (Å²) < 4.78 is 18.9. The standard InChI is InChI=1S/C20H23ClFNO2/c21-19-12-16(6-9-20(19)22)15-4-7-18(8-5-15)25-14-17(24)13-23-10-2-1-3-11-23/h4-9,12,17,24H,1-3,10-11,13-14H2. The molecule has 3 nitrogen and oxygen atoms in total. The number of hydrogen-bond donors (Lipinski definition) is 1. The van der Waals surface area contributed by atoms with Crippen LogP contribution in [0.1, 0.15) is 19.3 Å². The number of nitrogens with zero attached hydrogens (tertiary/aromatic N) is 1. The SMILES string of the molecule is OC(COc1ccc(-c2ccc(F)c(Cl)c2)cc1)CN1CCCCC1. The molecule has 0 aromatic heterocycles. The minimum absolute atomic E-state index is 0.110. The van der Waals surface area contributed by atoms with Crippen molar-refractivity contribution in [3.63, 3.8) is 0 Å². The van der Waals surface area contributed by atoms with Crippen LogP contribution in [0, 0.1) is 5.82 Å². The summed E-state index contributed by atoms with van der Waals surface area (Å²) in [6, 6.07) is 12.2. The van der Waals surface area contributed by atoms with Gasteiger partial charge in [0.1, 0.15) is 24.3 Å². The van der Waals surface area contributed by atoms with Crippen molar-refractivity contribution in [2.45, 2.75) is 25.4 Å². The first kappa shape index (κ1) is 18.2. The van der Waals surface area contributed by atoms with Crippen molar-refractivity contribution < 1.29 is 14.2 Å². The summed E-state index contributed by atoms with van der Waals surface area (Å²) in [4.78, 5) is 2.29. The number of β-amino-alcohol motifs (C(OH)–C–C–N with tert-alkyl or cyclic N) is 1. The summed E-state index contributed by atoms with van der Waals surface area (Å²) in [6.07, 6.45) is 3.22. The predicted molar refractivity (Wildman–Crippen MR) is 98.6 cm³/mol. The molecule has 3 rings (SSSR count). The number of piperidine rings is 1. The van der Waals surface area contributed by atoms with Crippen LogP contribution in [0.4, 0.5) is 4.39 Å². The number of aliphatic hydroxyl groups is 1. The number of halogens is 2. The van der Waals surface area contributed by atoms with Gasteiger partial charge in [-0.05, 0) is 61.3 Å². The molecule has 1 saturated heterocycles. The Morgan fingerprint density at radius 1 is 1.04 bits per heavy atom. The predicted octanol–water partition coefficient (Wildman–Crippen LogP) is 4.37. The van der Waals surface area contributed by atoms with Crippen molar-refractivity contribution in [1.82, 2.24) is 4.90 Å². The third-order valence-corrected chi connectivity index (χ3v) is 4.76. The average Bonchev–Trinajstić information content (AvgIpc) is 2.64. The number of benzene rings is 2. The van der Waals surface area contributed by atoms with Gasteiger partial charge >= 0.3 is 0 Å². The summed E-state index contributed by atoms with van der Waals surface area (Å²) >= 11 is 5.83. The maximum atomic E-state index is 13.2. The normalized spacial score (nSPS) is 16.6. The highest BCUT2D eigenvalue weighted by Crippen LogP contribution is 2.26. The minimum Gasteiger partial charge on any atom is -0.491 e. The Morgan fingerprint density at radius 2 is 1.72 bits per heavy atom. The van der Waals surface area contributed by atoms with E-state index in [0.29, 0.717) is 12.3 Å². The summed E-state index contributed by atoms with van der Waals surface area (Å²) in [7, 11) is 0. The van der Waals surface area contributed by atoms with Gasteiger partial charge in [-0.1, -0.05) is 36.2 Å². The van der Waals surface area contributed by atoms with Crippen LogP contribution in [0.3, 0.4) is 0 Å². The molecule has 0 bridgehead atoms. The minimum atomic E-state index is -0.492. The molecule has 1 fully saturated rings. The van der Waals surface area contributed by atoms with Crippen LogP contribution in [0.5, 0.6) is 5.75 Å². The molecule has 1 atom stereocenters. The third kappa shape index (κ3) is 5.18. The van der Waals surface area contributed by atoms with Gasteiger partial charge in [0.25, 0.3) is 0 Å². The van der Waals surface area contributed by atoms with E-state index in [-0.39, 0.29) is 11.6 Å². The lowest BCUT2D eigenvalue weighted by molar-refractivity contribution is 0.0617. The van der Waals surface area contributed by atoms with Crippen molar-refractivity contribution in [1.29, 1.82) is 0 Å². The first-order chi connectivity index (χ1) is 12.1. The topological polar surface area (TPSA) is 32.7 Å². The third-order valence-electron chi connectivity index (χ3n) is 4.47. The molecule has 2 aromatic carbocycles. The van der Waals surface area contributed by atoms with Crippen LogP contribution in [0.25, 0.3) is 11.1 Å². The Kier molecular flexibility index (Phi) is 6.29. The largest absolute Gasteiger partial charge is 0.491 e. The van der Waals surface area contributed by atoms with Crippen LogP contribution in [-0.4, -0.2) is 42.4 Å². The molecule has 0 saturated carbocycles. The van der Waals surface area contributed by atoms with Gasteiger partial charge in [-0.25, -0.2) is 4.39 Å². The van der Waals surface area contributed by atoms with Crippen LogP contribution in [-0.2, 0) is 0 Å². The fourth-order valence-electron chi connectivity index (χ4n) is 3.10. The molecule has 1 N–H and O–H groups in total. The number of hydrogen-bond acceptors (Lipinski definition) is 3. The number of rotatable bonds is 6. The molecule has 0 radical (unpaired) electrons. The quantitative estimate of drug-likeness (QED) is 0.827. The van der Waals surface area contributed by atoms with E-state index < -0.39 is 11.9 Å². The summed E-state index contributed by atoms with van der Waals surface area (Å²) in [5.41, 5.74) is 1.78. The van der Waals surface area contributed by atoms with E-state index in [1.54, 1.807) is 12.1 Å². The number of aliphatic hydroxyl groups excluding tert-OH is 1. The number of likely N-dealkylation sites (tertiary alicyclic amines) is 1. The van der Waals surface area contributed by atoms with E-state index in [1.165, 1.54) is 25.3 Å². The lowest BCUT2D eigenvalue weighted by Crippen LogP contribution is -2.38. The molecule has 5 heteroatoms. The molecule has 1 heterocycles. The molecule has 0 spiro atoms. The summed E-state index contributed by atoms with van der Waals surface area (Å²) in [6.45, 7) is 3.06. The molecule has 25 heavy (non-hydrogen) atoms. The lowest BCUT2D eigenvalue weighted by atomic mass is 10.1. The second-order valence-corrected chi connectivity index (χ2v) is 6.89. The zero-order valence-electron chi connectivity index (χ0n) is 14.1. The van der Waals surface area contributed by atoms with Crippen LogP contribution in [0.15, 0.2) is 42.5 Å². The maximum Gasteiger partial charge on any atom is 0.141 e. The molecule has 2 aromatic rings. The fraction of sp³-hybridized carbons (Fsp3) is 0.400. The zero-order valence-corrected chi connectivity index (χ0v) is 14.9. The molecule has 1 unspecified atom stereocenters. The van der Waals surface area contributed by atoms with E-state index in [2.05, 4.69) is 4.90 Å². The first-order valence-corrected chi connectivity index (χ1v) is 9.08. The Hall–Kier alpha value is -1.62. The van der Waals surface area contributed by atoms with Crippen LogP contribution >= 0.6 is 11.6 Å². The van der Waals surface area contributed by atoms with Crippen molar-refractivity contribution in [2.75, 3.05) is 26.2 Å². The van der Waals surface area contributed by atoms with E-state index in [4.69, 9.17) is 16.3 Å². The van der Waals surface area contributed by atoms with Crippen molar-refractivity contribution in [3.05, 3.63) is 53.3 Å². The zero-order chi connectivity index (χ0) is 17.6. The van der Waals surface area contributed by atoms with E-state index in [0.717, 1.165) is 24.2 Å². The Morgan fingerprint density at radius 3 is 2.40 bits per heavy atom. The van der Waals surface area contributed by atoms with E-state index >= 15 is 0 Å². The Balaban J connectivity index is 1.52. The van der Waals surface area contributed by atoms with E-state index in [9.17, 15) is 9.50 Å². The highest BCUT2D eigenvalue weighted by Gasteiger charge is 2.15. The van der Waals surface area contributed by atoms with Gasteiger partial charge in [0, 0.05) is 6.54 Å². The Bertz CT molecular complexity index is 687. The molecular formula is C20H23ClFNO2. The van der Waals surface area contributed by atoms with Crippen molar-refractivity contribution >= 4 is 11.6 Å². The molecule has 1 aliphatic rings. The first-order valence-electron chi connectivity index (χ1n) is 8.70. The second kappa shape index (κ2) is 8.65. The molecule has 0 aliphatic carbocycles. The summed E-state index contributed by atoms with van der Waals surface area (Å²) in [5.74, 6) is 0.280. The van der Waals surface area contributed by atoms with Gasteiger partial charge in [0.05, 0.1) is 5.02 Å². The fourth-order valence-corrected chi connectivity index (χ4v) is 3.28. The molecule has 134 valence electrons. The van der Waals surface area contributed by atoms with Crippen LogP contribution < -0.4 is 4.74 Å². The average molecular weight is 364 g/mol. The smallest absolute Gasteiger partial charge is 0.141 e. The van der Waals surface area contributed by atoms with Gasteiger partial charge in [-0.3, -0.25) is 0 Å². The van der Waals surface area contributed by atoms with Gasteiger partial charge in [0.2, 0.25) is 0 Å². The summed E-state index contributed by atoms with van der Waals surface area (Å²) in [5, 5.41) is 10.2. The molecule has 0 amide bonds. The monoisotopic (exact) mass is 363 g/mol. The maximum absolute atomic E-state index is 13.2. The highest BCUT2D eigenvalue weighted by molar-refractivity contribution is 6.31. The second-order valence-electron chi connectivity index (χ2n) is 6.48. The van der Waals surface area contributed by atoms with Gasteiger partial charge in [0.15, 0.2) is 0 Å². The molecular weight excluding hydrogens is 341 g/mol. The van der Waals surface area contributed by atoms with Crippen molar-refractivity contribution in [2.24, 2.45) is 0 Å². The van der Waals surface area contributed by atoms with Gasteiger partial charge < -0.3 is 14.7 Å².